The number of aryl methyl sites for hydroxylation is 2. The molecule has 0 bridgehead atoms. The molecule has 4 rings (SSSR count). The summed E-state index contributed by atoms with van der Waals surface area (Å²) in [5.74, 6) is -1.68. The molecule has 1 unspecified atom stereocenters. The van der Waals surface area contributed by atoms with E-state index in [1.807, 2.05) is 26.0 Å². The molecule has 1 atom stereocenters. The number of carbonyl (C=O) groups is 2. The average Bonchev–Trinajstić information content (AvgIpc) is 3.04. The number of hydrogen-bond donors (Lipinski definition) is 1. The van der Waals surface area contributed by atoms with Gasteiger partial charge in [-0.3, -0.25) is 19.5 Å². The number of rotatable bonds is 4. The first-order chi connectivity index (χ1) is 14.9. The Hall–Kier alpha value is -3.44. The number of ketones is 1. The van der Waals surface area contributed by atoms with Gasteiger partial charge >= 0.3 is 0 Å². The Balaban J connectivity index is 1.93. The third-order valence-electron chi connectivity index (χ3n) is 5.47. The van der Waals surface area contributed by atoms with Crippen LogP contribution in [0, 0.1) is 6.92 Å². The zero-order valence-corrected chi connectivity index (χ0v) is 17.9. The van der Waals surface area contributed by atoms with E-state index in [4.69, 9.17) is 11.6 Å². The van der Waals surface area contributed by atoms with E-state index in [-0.39, 0.29) is 11.3 Å². The summed E-state index contributed by atoms with van der Waals surface area (Å²) in [6.07, 6.45) is 2.45. The summed E-state index contributed by atoms with van der Waals surface area (Å²) < 4.78 is 0. The SMILES string of the molecule is CCc1ccc(/C(O)=C2\C(=O)C(=O)N(c3ccc(Cl)cc3C)C2c2ccccn2)cc1. The highest BCUT2D eigenvalue weighted by atomic mass is 35.5. The lowest BCUT2D eigenvalue weighted by atomic mass is 9.97. The van der Waals surface area contributed by atoms with Gasteiger partial charge in [0.25, 0.3) is 11.7 Å². The van der Waals surface area contributed by atoms with Crippen molar-refractivity contribution in [1.29, 1.82) is 0 Å². The molecule has 31 heavy (non-hydrogen) atoms. The minimum absolute atomic E-state index is 0.0160. The predicted octanol–water partition coefficient (Wildman–Crippen LogP) is 5.23. The molecule has 5 nitrogen and oxygen atoms in total. The molecule has 1 fully saturated rings. The van der Waals surface area contributed by atoms with Crippen molar-refractivity contribution in [3.63, 3.8) is 0 Å². The number of pyridine rings is 1. The number of aliphatic hydroxyl groups excluding tert-OH is 1. The van der Waals surface area contributed by atoms with Gasteiger partial charge in [-0.05, 0) is 54.8 Å². The van der Waals surface area contributed by atoms with Crippen molar-refractivity contribution in [2.24, 2.45) is 0 Å². The van der Waals surface area contributed by atoms with Crippen molar-refractivity contribution < 1.29 is 14.7 Å². The van der Waals surface area contributed by atoms with Gasteiger partial charge in [-0.1, -0.05) is 48.9 Å². The Morgan fingerprint density at radius 1 is 1.10 bits per heavy atom. The molecule has 1 amide bonds. The van der Waals surface area contributed by atoms with Gasteiger partial charge in [0.1, 0.15) is 11.8 Å². The van der Waals surface area contributed by atoms with E-state index in [0.29, 0.717) is 22.0 Å². The fourth-order valence-corrected chi connectivity index (χ4v) is 4.07. The second-order valence-corrected chi connectivity index (χ2v) is 7.84. The molecule has 1 aromatic heterocycles. The first-order valence-electron chi connectivity index (χ1n) is 9.99. The Morgan fingerprint density at radius 2 is 1.84 bits per heavy atom. The molecule has 2 heterocycles. The molecule has 6 heteroatoms. The normalized spacial score (nSPS) is 17.9. The predicted molar refractivity (Wildman–Crippen MR) is 121 cm³/mol. The van der Waals surface area contributed by atoms with Gasteiger partial charge < -0.3 is 5.11 Å². The van der Waals surface area contributed by atoms with Gasteiger partial charge in [0.05, 0.1) is 11.3 Å². The number of nitrogens with zero attached hydrogens (tertiary/aromatic N) is 2. The fraction of sp³-hybridized carbons (Fsp3) is 0.160. The van der Waals surface area contributed by atoms with E-state index in [1.165, 1.54) is 4.90 Å². The maximum Gasteiger partial charge on any atom is 0.300 e. The zero-order valence-electron chi connectivity index (χ0n) is 17.2. The quantitative estimate of drug-likeness (QED) is 0.348. The maximum absolute atomic E-state index is 13.1. The zero-order chi connectivity index (χ0) is 22.1. The van der Waals surface area contributed by atoms with Crippen LogP contribution in [0.3, 0.4) is 0 Å². The minimum Gasteiger partial charge on any atom is -0.507 e. The number of halogens is 1. The number of anilines is 1. The van der Waals surface area contributed by atoms with Crippen molar-refractivity contribution in [3.8, 4) is 0 Å². The monoisotopic (exact) mass is 432 g/mol. The first-order valence-corrected chi connectivity index (χ1v) is 10.4. The third-order valence-corrected chi connectivity index (χ3v) is 5.70. The van der Waals surface area contributed by atoms with Crippen LogP contribution in [0.25, 0.3) is 5.76 Å². The van der Waals surface area contributed by atoms with Gasteiger partial charge in [0, 0.05) is 22.5 Å². The summed E-state index contributed by atoms with van der Waals surface area (Å²) in [6, 6.07) is 16.8. The molecule has 0 spiro atoms. The van der Waals surface area contributed by atoms with Gasteiger partial charge in [-0.15, -0.1) is 0 Å². The lowest BCUT2D eigenvalue weighted by molar-refractivity contribution is -0.132. The van der Waals surface area contributed by atoms with Crippen LogP contribution in [-0.2, 0) is 16.0 Å². The third kappa shape index (κ3) is 3.73. The Bertz CT molecular complexity index is 1190. The number of aromatic nitrogens is 1. The summed E-state index contributed by atoms with van der Waals surface area (Å²) in [7, 11) is 0. The van der Waals surface area contributed by atoms with Gasteiger partial charge in [0.15, 0.2) is 0 Å². The fourth-order valence-electron chi connectivity index (χ4n) is 3.84. The molecule has 1 N–H and O–H groups in total. The molecule has 1 aliphatic heterocycles. The Labute approximate surface area is 185 Å². The van der Waals surface area contributed by atoms with Crippen LogP contribution in [0.5, 0.6) is 0 Å². The largest absolute Gasteiger partial charge is 0.507 e. The smallest absolute Gasteiger partial charge is 0.300 e. The van der Waals surface area contributed by atoms with Crippen LogP contribution in [-0.4, -0.2) is 21.8 Å². The number of hydrogen-bond acceptors (Lipinski definition) is 4. The summed E-state index contributed by atoms with van der Waals surface area (Å²) >= 11 is 6.09. The van der Waals surface area contributed by atoms with Crippen LogP contribution >= 0.6 is 11.6 Å². The van der Waals surface area contributed by atoms with Crippen LogP contribution in [0.15, 0.2) is 72.4 Å². The Kier molecular flexibility index (Phi) is 5.61. The molecular formula is C25H21ClN2O3. The number of aliphatic hydroxyl groups is 1. The highest BCUT2D eigenvalue weighted by Crippen LogP contribution is 2.42. The lowest BCUT2D eigenvalue weighted by Gasteiger charge is -2.26. The minimum atomic E-state index is -0.855. The molecule has 0 aliphatic carbocycles. The van der Waals surface area contributed by atoms with Crippen LogP contribution < -0.4 is 4.90 Å². The average molecular weight is 433 g/mol. The molecule has 156 valence electrons. The number of benzene rings is 2. The van der Waals surface area contributed by atoms with E-state index < -0.39 is 17.7 Å². The summed E-state index contributed by atoms with van der Waals surface area (Å²) in [5, 5.41) is 11.6. The Morgan fingerprint density at radius 3 is 2.45 bits per heavy atom. The summed E-state index contributed by atoms with van der Waals surface area (Å²) in [4.78, 5) is 32.0. The van der Waals surface area contributed by atoms with Crippen molar-refractivity contribution in [2.75, 3.05) is 4.90 Å². The molecular weight excluding hydrogens is 412 g/mol. The van der Waals surface area contributed by atoms with E-state index >= 15 is 0 Å². The van der Waals surface area contributed by atoms with Gasteiger partial charge in [-0.2, -0.15) is 0 Å². The van der Waals surface area contributed by atoms with Crippen molar-refractivity contribution in [1.82, 2.24) is 4.98 Å². The van der Waals surface area contributed by atoms with E-state index in [1.54, 1.807) is 54.7 Å². The molecule has 3 aromatic rings. The number of amides is 1. The standard InChI is InChI=1S/C25H21ClN2O3/c1-3-16-7-9-17(10-8-16)23(29)21-22(19-6-4-5-13-27-19)28(25(31)24(21)30)20-12-11-18(26)14-15(20)2/h4-14,22,29H,3H2,1-2H3/b23-21+. The second-order valence-electron chi connectivity index (χ2n) is 7.40. The number of Topliss-reactive ketones (excluding diaryl/α,β-unsaturated/α-hetero) is 1. The van der Waals surface area contributed by atoms with Crippen molar-refractivity contribution in [3.05, 3.63) is 99.8 Å². The molecule has 1 saturated heterocycles. The molecule has 0 saturated carbocycles. The van der Waals surface area contributed by atoms with Gasteiger partial charge in [0.2, 0.25) is 0 Å². The van der Waals surface area contributed by atoms with Gasteiger partial charge in [-0.25, -0.2) is 0 Å². The van der Waals surface area contributed by atoms with Crippen LogP contribution in [0.2, 0.25) is 5.02 Å². The molecule has 2 aromatic carbocycles. The topological polar surface area (TPSA) is 70.5 Å². The van der Waals surface area contributed by atoms with E-state index in [0.717, 1.165) is 17.5 Å². The van der Waals surface area contributed by atoms with Crippen molar-refractivity contribution in [2.45, 2.75) is 26.3 Å². The molecule has 1 aliphatic rings. The summed E-state index contributed by atoms with van der Waals surface area (Å²) in [6.45, 7) is 3.86. The van der Waals surface area contributed by atoms with Crippen molar-refractivity contribution >= 4 is 34.7 Å². The maximum atomic E-state index is 13.1. The van der Waals surface area contributed by atoms with Crippen LogP contribution in [0.4, 0.5) is 5.69 Å². The number of carbonyl (C=O) groups excluding carboxylic acids is 2. The summed E-state index contributed by atoms with van der Waals surface area (Å²) in [5.41, 5.74) is 3.37. The first kappa shape index (κ1) is 20.8. The lowest BCUT2D eigenvalue weighted by Crippen LogP contribution is -2.30. The molecule has 0 radical (unpaired) electrons. The van der Waals surface area contributed by atoms with E-state index in [9.17, 15) is 14.7 Å². The van der Waals surface area contributed by atoms with E-state index in [2.05, 4.69) is 4.98 Å². The second kappa shape index (κ2) is 8.36. The van der Waals surface area contributed by atoms with Crippen LogP contribution in [0.1, 0.15) is 35.3 Å². The highest BCUT2D eigenvalue weighted by Gasteiger charge is 2.48. The highest BCUT2D eigenvalue weighted by molar-refractivity contribution is 6.51.